The van der Waals surface area contributed by atoms with E-state index < -0.39 is 15.9 Å². The van der Waals surface area contributed by atoms with Gasteiger partial charge in [-0.3, -0.25) is 14.5 Å². The Balaban J connectivity index is 1.68. The van der Waals surface area contributed by atoms with Crippen LogP contribution in [0, 0.1) is 12.8 Å². The molecule has 140 valence electrons. The van der Waals surface area contributed by atoms with E-state index in [1.165, 1.54) is 0 Å². The lowest BCUT2D eigenvalue weighted by molar-refractivity contribution is -0.118. The van der Waals surface area contributed by atoms with Crippen LogP contribution in [-0.4, -0.2) is 25.1 Å². The molecule has 1 unspecified atom stereocenters. The Morgan fingerprint density at radius 1 is 1.07 bits per heavy atom. The van der Waals surface area contributed by atoms with Gasteiger partial charge >= 0.3 is 0 Å². The van der Waals surface area contributed by atoms with Crippen LogP contribution in [0.1, 0.15) is 12.5 Å². The summed E-state index contributed by atoms with van der Waals surface area (Å²) in [5.74, 6) is -1.42. The number of carbonyl (C=O) groups excluding carboxylic acids is 1. The number of anilines is 2. The maximum absolute atomic E-state index is 12.5. The molecule has 0 aliphatic carbocycles. The highest BCUT2D eigenvalue weighted by molar-refractivity contribution is 7.92. The highest BCUT2D eigenvalue weighted by atomic mass is 32.2. The number of benzene rings is 2. The summed E-state index contributed by atoms with van der Waals surface area (Å²) in [6.07, 6.45) is 1.65. The predicted molar refractivity (Wildman–Crippen MR) is 108 cm³/mol. The van der Waals surface area contributed by atoms with Crippen molar-refractivity contribution in [3.63, 3.8) is 0 Å². The van der Waals surface area contributed by atoms with Gasteiger partial charge in [-0.1, -0.05) is 42.8 Å². The minimum absolute atomic E-state index is 0.315. The standard InChI is InChI=1S/C20H21N3O3S/c1-14-8-10-17(11-9-14)23-27(25,26)13-15(2)20(24)22-18-7-3-5-16-6-4-12-21-19(16)18/h3-12,15,23H,13H2,1-2H3,(H,22,24). The molecule has 2 N–H and O–H groups in total. The van der Waals surface area contributed by atoms with Gasteiger partial charge in [-0.2, -0.15) is 0 Å². The van der Waals surface area contributed by atoms with Crippen LogP contribution in [0.4, 0.5) is 11.4 Å². The third kappa shape index (κ3) is 4.83. The summed E-state index contributed by atoms with van der Waals surface area (Å²) in [4.78, 5) is 16.8. The Morgan fingerprint density at radius 2 is 1.78 bits per heavy atom. The number of nitrogens with zero attached hydrogens (tertiary/aromatic N) is 1. The highest BCUT2D eigenvalue weighted by Gasteiger charge is 2.22. The third-order valence-electron chi connectivity index (χ3n) is 4.13. The molecule has 2 aromatic carbocycles. The Bertz CT molecular complexity index is 1060. The van der Waals surface area contributed by atoms with E-state index in [0.717, 1.165) is 10.9 Å². The lowest BCUT2D eigenvalue weighted by Gasteiger charge is -2.15. The van der Waals surface area contributed by atoms with E-state index in [1.807, 2.05) is 43.3 Å². The van der Waals surface area contributed by atoms with Crippen LogP contribution in [0.5, 0.6) is 0 Å². The number of amides is 1. The smallest absolute Gasteiger partial charge is 0.233 e. The van der Waals surface area contributed by atoms with Crippen LogP contribution in [0.15, 0.2) is 60.8 Å². The maximum atomic E-state index is 12.5. The molecule has 0 spiro atoms. The molecule has 0 saturated carbocycles. The average Bonchev–Trinajstić information content (AvgIpc) is 2.63. The van der Waals surface area contributed by atoms with Gasteiger partial charge in [-0.15, -0.1) is 0 Å². The van der Waals surface area contributed by atoms with Gasteiger partial charge in [0.1, 0.15) is 0 Å². The van der Waals surface area contributed by atoms with Crippen LogP contribution in [0.2, 0.25) is 0 Å². The quantitative estimate of drug-likeness (QED) is 0.681. The van der Waals surface area contributed by atoms with E-state index in [-0.39, 0.29) is 11.7 Å². The zero-order valence-electron chi connectivity index (χ0n) is 15.1. The van der Waals surface area contributed by atoms with Gasteiger partial charge < -0.3 is 5.32 Å². The molecule has 3 aromatic rings. The number of nitrogens with one attached hydrogen (secondary N) is 2. The van der Waals surface area contributed by atoms with Crippen molar-refractivity contribution in [3.05, 3.63) is 66.4 Å². The van der Waals surface area contributed by atoms with Crippen molar-refractivity contribution < 1.29 is 13.2 Å². The van der Waals surface area contributed by atoms with Gasteiger partial charge in [-0.05, 0) is 31.2 Å². The number of sulfonamides is 1. The second-order valence-corrected chi connectivity index (χ2v) is 8.29. The summed E-state index contributed by atoms with van der Waals surface area (Å²) in [6, 6.07) is 16.2. The molecule has 0 aliphatic rings. The normalized spacial score (nSPS) is 12.5. The molecule has 0 bridgehead atoms. The molecule has 1 amide bonds. The minimum atomic E-state index is -3.65. The molecule has 6 nitrogen and oxygen atoms in total. The number of carbonyl (C=O) groups is 1. The predicted octanol–water partition coefficient (Wildman–Crippen LogP) is 3.56. The fraction of sp³-hybridized carbons (Fsp3) is 0.200. The van der Waals surface area contributed by atoms with E-state index in [2.05, 4.69) is 15.0 Å². The van der Waals surface area contributed by atoms with Gasteiger partial charge in [0.15, 0.2) is 0 Å². The third-order valence-corrected chi connectivity index (χ3v) is 5.62. The first-order chi connectivity index (χ1) is 12.8. The first-order valence-electron chi connectivity index (χ1n) is 8.56. The molecule has 1 heterocycles. The zero-order valence-corrected chi connectivity index (χ0v) is 16.0. The van der Waals surface area contributed by atoms with Crippen LogP contribution in [0.25, 0.3) is 10.9 Å². The molecule has 0 radical (unpaired) electrons. The van der Waals surface area contributed by atoms with Crippen molar-refractivity contribution in [2.45, 2.75) is 13.8 Å². The number of aryl methyl sites for hydroxylation is 1. The zero-order chi connectivity index (χ0) is 19.4. The maximum Gasteiger partial charge on any atom is 0.233 e. The number of hydrogen-bond acceptors (Lipinski definition) is 4. The molecular weight excluding hydrogens is 362 g/mol. The van der Waals surface area contributed by atoms with Crippen molar-refractivity contribution in [2.75, 3.05) is 15.8 Å². The summed E-state index contributed by atoms with van der Waals surface area (Å²) in [7, 11) is -3.65. The van der Waals surface area contributed by atoms with Crippen LogP contribution in [0.3, 0.4) is 0 Å². The molecule has 1 aromatic heterocycles. The van der Waals surface area contributed by atoms with Crippen LogP contribution < -0.4 is 10.0 Å². The number of rotatable bonds is 6. The number of aromatic nitrogens is 1. The van der Waals surface area contributed by atoms with Gasteiger partial charge in [0, 0.05) is 17.3 Å². The molecule has 0 fully saturated rings. The van der Waals surface area contributed by atoms with Gasteiger partial charge in [0.2, 0.25) is 15.9 Å². The molecular formula is C20H21N3O3S. The molecule has 1 atom stereocenters. The van der Waals surface area contributed by atoms with Crippen molar-refractivity contribution in [1.29, 1.82) is 0 Å². The minimum Gasteiger partial charge on any atom is -0.324 e. The van der Waals surface area contributed by atoms with Gasteiger partial charge in [0.25, 0.3) is 0 Å². The Morgan fingerprint density at radius 3 is 2.52 bits per heavy atom. The largest absolute Gasteiger partial charge is 0.324 e. The number of pyridine rings is 1. The first-order valence-corrected chi connectivity index (χ1v) is 10.2. The van der Waals surface area contributed by atoms with E-state index in [9.17, 15) is 13.2 Å². The molecule has 27 heavy (non-hydrogen) atoms. The summed E-state index contributed by atoms with van der Waals surface area (Å²) in [5.41, 5.74) is 2.75. The summed E-state index contributed by atoms with van der Waals surface area (Å²) < 4.78 is 27.2. The van der Waals surface area contributed by atoms with Crippen molar-refractivity contribution in [2.24, 2.45) is 5.92 Å². The average molecular weight is 383 g/mol. The SMILES string of the molecule is Cc1ccc(NS(=O)(=O)CC(C)C(=O)Nc2cccc3cccnc23)cc1. The number of para-hydroxylation sites is 1. The van der Waals surface area contributed by atoms with E-state index >= 15 is 0 Å². The summed E-state index contributed by atoms with van der Waals surface area (Å²) >= 11 is 0. The van der Waals surface area contributed by atoms with E-state index in [4.69, 9.17) is 0 Å². The highest BCUT2D eigenvalue weighted by Crippen LogP contribution is 2.21. The summed E-state index contributed by atoms with van der Waals surface area (Å²) in [6.45, 7) is 3.51. The van der Waals surface area contributed by atoms with Gasteiger partial charge in [0.05, 0.1) is 22.9 Å². The Kier molecular flexibility index (Phi) is 5.41. The Labute approximate surface area is 158 Å². The molecule has 0 saturated heterocycles. The van der Waals surface area contributed by atoms with Crippen molar-refractivity contribution in [1.82, 2.24) is 4.98 Å². The molecule has 7 heteroatoms. The second kappa shape index (κ2) is 7.75. The number of fused-ring (bicyclic) bond motifs is 1. The summed E-state index contributed by atoms with van der Waals surface area (Å²) in [5, 5.41) is 3.68. The van der Waals surface area contributed by atoms with E-state index in [0.29, 0.717) is 16.9 Å². The van der Waals surface area contributed by atoms with Gasteiger partial charge in [-0.25, -0.2) is 8.42 Å². The van der Waals surface area contributed by atoms with Crippen LogP contribution >= 0.6 is 0 Å². The van der Waals surface area contributed by atoms with Crippen molar-refractivity contribution in [3.8, 4) is 0 Å². The lowest BCUT2D eigenvalue weighted by Crippen LogP contribution is -2.30. The fourth-order valence-electron chi connectivity index (χ4n) is 2.71. The van der Waals surface area contributed by atoms with Crippen molar-refractivity contribution >= 4 is 38.2 Å². The van der Waals surface area contributed by atoms with Crippen LogP contribution in [-0.2, 0) is 14.8 Å². The lowest BCUT2D eigenvalue weighted by atomic mass is 10.1. The monoisotopic (exact) mass is 383 g/mol. The van der Waals surface area contributed by atoms with E-state index in [1.54, 1.807) is 31.3 Å². The molecule has 0 aliphatic heterocycles. The Hall–Kier alpha value is -2.93. The molecule has 3 rings (SSSR count). The number of hydrogen-bond donors (Lipinski definition) is 2. The first kappa shape index (κ1) is 18.8. The topological polar surface area (TPSA) is 88.2 Å². The fourth-order valence-corrected chi connectivity index (χ4v) is 4.10. The second-order valence-electron chi connectivity index (χ2n) is 6.52.